The molecule has 122 valence electrons. The number of aromatic nitrogens is 1. The van der Waals surface area contributed by atoms with Crippen LogP contribution in [0.25, 0.3) is 0 Å². The number of carbonyl (C=O) groups excluding carboxylic acids is 1. The quantitative estimate of drug-likeness (QED) is 0.853. The van der Waals surface area contributed by atoms with Crippen LogP contribution in [-0.4, -0.2) is 30.8 Å². The minimum atomic E-state index is -0.154. The number of rotatable bonds is 5. The Labute approximate surface area is 140 Å². The van der Waals surface area contributed by atoms with E-state index >= 15 is 0 Å². The Hall–Kier alpha value is -3.15. The second-order valence-corrected chi connectivity index (χ2v) is 5.36. The van der Waals surface area contributed by atoms with E-state index in [2.05, 4.69) is 9.98 Å². The van der Waals surface area contributed by atoms with E-state index in [0.29, 0.717) is 24.4 Å². The van der Waals surface area contributed by atoms with Crippen LogP contribution in [-0.2, 0) is 11.3 Å². The smallest absolute Gasteiger partial charge is 0.262 e. The second-order valence-electron chi connectivity index (χ2n) is 5.36. The van der Waals surface area contributed by atoms with Gasteiger partial charge in [0, 0.05) is 18.1 Å². The second kappa shape index (κ2) is 6.95. The zero-order valence-electron chi connectivity index (χ0n) is 13.3. The van der Waals surface area contributed by atoms with E-state index in [1.165, 1.54) is 0 Å². The predicted molar refractivity (Wildman–Crippen MR) is 93.0 cm³/mol. The number of carbonyl (C=O) groups is 1. The summed E-state index contributed by atoms with van der Waals surface area (Å²) in [4.78, 5) is 22.5. The highest BCUT2D eigenvalue weighted by Crippen LogP contribution is 2.22. The van der Waals surface area contributed by atoms with E-state index in [0.717, 1.165) is 17.0 Å². The number of ether oxygens (including phenoxy) is 1. The van der Waals surface area contributed by atoms with Gasteiger partial charge in [-0.05, 0) is 29.8 Å². The summed E-state index contributed by atoms with van der Waals surface area (Å²) in [5.74, 6) is 0.645. The third-order valence-electron chi connectivity index (χ3n) is 3.76. The van der Waals surface area contributed by atoms with Crippen molar-refractivity contribution in [1.29, 1.82) is 0 Å². The van der Waals surface area contributed by atoms with E-state index in [-0.39, 0.29) is 5.91 Å². The van der Waals surface area contributed by atoms with Crippen molar-refractivity contribution in [3.05, 3.63) is 65.6 Å². The van der Waals surface area contributed by atoms with Crippen LogP contribution in [0.15, 0.2) is 65.1 Å². The first kappa shape index (κ1) is 15.7. The molecule has 0 radical (unpaired) electrons. The third-order valence-corrected chi connectivity index (χ3v) is 3.76. The van der Waals surface area contributed by atoms with Gasteiger partial charge in [0.15, 0.2) is 0 Å². The molecule has 1 amide bonds. The van der Waals surface area contributed by atoms with Gasteiger partial charge in [0.05, 0.1) is 37.7 Å². The molecule has 0 saturated heterocycles. The van der Waals surface area contributed by atoms with Crippen molar-refractivity contribution in [1.82, 2.24) is 4.98 Å². The molecule has 2 N–H and O–H groups in total. The van der Waals surface area contributed by atoms with E-state index in [9.17, 15) is 4.79 Å². The van der Waals surface area contributed by atoms with Gasteiger partial charge in [-0.1, -0.05) is 12.1 Å². The maximum absolute atomic E-state index is 12.5. The van der Waals surface area contributed by atoms with Gasteiger partial charge >= 0.3 is 0 Å². The minimum Gasteiger partial charge on any atom is -0.497 e. The number of anilines is 1. The summed E-state index contributed by atoms with van der Waals surface area (Å²) in [5, 5.41) is 0. The molecule has 0 aliphatic carbocycles. The van der Waals surface area contributed by atoms with E-state index in [1.807, 2.05) is 30.3 Å². The highest BCUT2D eigenvalue weighted by Gasteiger charge is 2.28. The van der Waals surface area contributed by atoms with Gasteiger partial charge in [-0.15, -0.1) is 0 Å². The minimum absolute atomic E-state index is 0.154. The number of pyridine rings is 1. The summed E-state index contributed by atoms with van der Waals surface area (Å²) in [6, 6.07) is 11.2. The zero-order chi connectivity index (χ0) is 16.9. The first-order valence-electron chi connectivity index (χ1n) is 7.52. The molecular weight excluding hydrogens is 304 g/mol. The molecule has 0 saturated carbocycles. The lowest BCUT2D eigenvalue weighted by molar-refractivity contribution is -0.114. The number of hydrogen-bond acceptors (Lipinski definition) is 5. The number of methoxy groups -OCH3 is 1. The van der Waals surface area contributed by atoms with Gasteiger partial charge in [-0.2, -0.15) is 0 Å². The summed E-state index contributed by atoms with van der Waals surface area (Å²) >= 11 is 0. The lowest BCUT2D eigenvalue weighted by Crippen LogP contribution is -2.27. The summed E-state index contributed by atoms with van der Waals surface area (Å²) in [5.41, 5.74) is 8.71. The first-order valence-corrected chi connectivity index (χ1v) is 7.52. The molecule has 0 atom stereocenters. The maximum atomic E-state index is 12.5. The molecule has 1 aromatic carbocycles. The predicted octanol–water partition coefficient (Wildman–Crippen LogP) is 1.92. The van der Waals surface area contributed by atoms with Crippen molar-refractivity contribution >= 4 is 17.8 Å². The van der Waals surface area contributed by atoms with Gasteiger partial charge < -0.3 is 15.4 Å². The Kier molecular flexibility index (Phi) is 4.56. The highest BCUT2D eigenvalue weighted by molar-refractivity contribution is 6.21. The molecular formula is C18H18N4O2. The van der Waals surface area contributed by atoms with Crippen LogP contribution >= 0.6 is 0 Å². The van der Waals surface area contributed by atoms with E-state index in [1.54, 1.807) is 36.7 Å². The van der Waals surface area contributed by atoms with Crippen molar-refractivity contribution in [2.75, 3.05) is 18.6 Å². The molecule has 6 heteroatoms. The van der Waals surface area contributed by atoms with Crippen molar-refractivity contribution in [3.8, 4) is 5.75 Å². The molecule has 2 aromatic rings. The van der Waals surface area contributed by atoms with Crippen molar-refractivity contribution in [3.63, 3.8) is 0 Å². The molecule has 2 heterocycles. The monoisotopic (exact) mass is 322 g/mol. The van der Waals surface area contributed by atoms with Crippen LogP contribution in [0.4, 0.5) is 5.69 Å². The van der Waals surface area contributed by atoms with Gasteiger partial charge in [0.25, 0.3) is 5.91 Å². The third kappa shape index (κ3) is 3.27. The Bertz CT molecular complexity index is 782. The van der Waals surface area contributed by atoms with Gasteiger partial charge in [-0.3, -0.25) is 14.8 Å². The molecule has 1 aromatic heterocycles. The summed E-state index contributed by atoms with van der Waals surface area (Å²) in [6.07, 6.45) is 4.86. The highest BCUT2D eigenvalue weighted by atomic mass is 16.5. The maximum Gasteiger partial charge on any atom is 0.262 e. The standard InChI is InChI=1S/C18H18N4O2/c1-24-15-6-4-13(5-7-15)9-21-11-16-17(19)12-22(18(16)23)14-3-2-8-20-10-14/h2-8,10-11H,9,12,19H2,1H3. The number of nitrogens with zero attached hydrogens (tertiary/aromatic N) is 3. The van der Waals surface area contributed by atoms with Gasteiger partial charge in [0.1, 0.15) is 5.75 Å². The van der Waals surface area contributed by atoms with Gasteiger partial charge in [0.2, 0.25) is 0 Å². The van der Waals surface area contributed by atoms with Crippen molar-refractivity contribution < 1.29 is 9.53 Å². The van der Waals surface area contributed by atoms with Crippen LogP contribution in [0.5, 0.6) is 5.75 Å². The fourth-order valence-corrected chi connectivity index (χ4v) is 2.44. The topological polar surface area (TPSA) is 80.8 Å². The van der Waals surface area contributed by atoms with Crippen LogP contribution < -0.4 is 15.4 Å². The summed E-state index contributed by atoms with van der Waals surface area (Å²) in [7, 11) is 1.63. The lowest BCUT2D eigenvalue weighted by atomic mass is 10.2. The fourth-order valence-electron chi connectivity index (χ4n) is 2.44. The average molecular weight is 322 g/mol. The van der Waals surface area contributed by atoms with Gasteiger partial charge in [-0.25, -0.2) is 0 Å². The van der Waals surface area contributed by atoms with Crippen LogP contribution in [0.2, 0.25) is 0 Å². The van der Waals surface area contributed by atoms with Crippen LogP contribution in [0.3, 0.4) is 0 Å². The largest absolute Gasteiger partial charge is 0.497 e. The average Bonchev–Trinajstić information content (AvgIpc) is 2.91. The number of nitrogens with two attached hydrogens (primary N) is 1. The van der Waals surface area contributed by atoms with E-state index in [4.69, 9.17) is 10.5 Å². The Morgan fingerprint density at radius 1 is 1.33 bits per heavy atom. The number of benzene rings is 1. The molecule has 0 spiro atoms. The summed E-state index contributed by atoms with van der Waals surface area (Å²) in [6.45, 7) is 0.829. The molecule has 6 nitrogen and oxygen atoms in total. The molecule has 24 heavy (non-hydrogen) atoms. The summed E-state index contributed by atoms with van der Waals surface area (Å²) < 4.78 is 5.12. The Morgan fingerprint density at radius 3 is 2.79 bits per heavy atom. The Balaban J connectivity index is 1.68. The molecule has 1 aliphatic heterocycles. The van der Waals surface area contributed by atoms with Crippen LogP contribution in [0.1, 0.15) is 5.56 Å². The molecule has 0 bridgehead atoms. The molecule has 0 fully saturated rings. The van der Waals surface area contributed by atoms with Crippen molar-refractivity contribution in [2.24, 2.45) is 10.7 Å². The number of aliphatic imine (C=N–C) groups is 1. The fraction of sp³-hybridized carbons (Fsp3) is 0.167. The van der Waals surface area contributed by atoms with Crippen LogP contribution in [0, 0.1) is 0 Å². The molecule has 0 unspecified atom stereocenters. The van der Waals surface area contributed by atoms with Crippen molar-refractivity contribution in [2.45, 2.75) is 6.54 Å². The molecule has 1 aliphatic rings. The van der Waals surface area contributed by atoms with E-state index < -0.39 is 0 Å². The Morgan fingerprint density at radius 2 is 2.12 bits per heavy atom. The lowest BCUT2D eigenvalue weighted by Gasteiger charge is -2.15. The molecule has 3 rings (SSSR count). The zero-order valence-corrected chi connectivity index (χ0v) is 13.3. The number of amides is 1. The number of hydrogen-bond donors (Lipinski definition) is 1. The first-order chi connectivity index (χ1) is 11.7. The SMILES string of the molecule is COc1ccc(CN=CC2=C(N)CN(c3cccnc3)C2=O)cc1. The normalized spacial score (nSPS) is 14.7.